The zero-order valence-electron chi connectivity index (χ0n) is 12.6. The lowest BCUT2D eigenvalue weighted by Crippen LogP contribution is -2.08. The summed E-state index contributed by atoms with van der Waals surface area (Å²) in [6, 6.07) is 8.21. The average Bonchev–Trinajstić information content (AvgIpc) is 2.39. The Morgan fingerprint density at radius 3 is 2.42 bits per heavy atom. The van der Waals surface area contributed by atoms with Crippen LogP contribution in [0.5, 0.6) is 0 Å². The summed E-state index contributed by atoms with van der Waals surface area (Å²) in [5, 5.41) is 10.0. The van der Waals surface area contributed by atoms with Crippen LogP contribution >= 0.6 is 0 Å². The van der Waals surface area contributed by atoms with Gasteiger partial charge in [0.25, 0.3) is 0 Å². The Morgan fingerprint density at radius 2 is 1.84 bits per heavy atom. The number of aliphatic hydroxyl groups excluding tert-OH is 1. The van der Waals surface area contributed by atoms with E-state index in [1.165, 1.54) is 12.0 Å². The number of aryl methyl sites for hydroxylation is 1. The van der Waals surface area contributed by atoms with Gasteiger partial charge in [0.15, 0.2) is 0 Å². The molecule has 19 heavy (non-hydrogen) atoms. The van der Waals surface area contributed by atoms with Gasteiger partial charge in [-0.15, -0.1) is 0 Å². The molecule has 1 aromatic rings. The standard InChI is InChI=1S/C17H28O2/c1-4-6-15-8-10-16(11-9-15)17(18)13-19-12-5-7-14(2)3/h8-11,14,17-18H,4-7,12-13H2,1-3H3. The highest BCUT2D eigenvalue weighted by atomic mass is 16.5. The summed E-state index contributed by atoms with van der Waals surface area (Å²) in [6.07, 6.45) is 4.00. The fourth-order valence-corrected chi connectivity index (χ4v) is 2.08. The second-order valence-corrected chi connectivity index (χ2v) is 5.62. The van der Waals surface area contributed by atoms with Gasteiger partial charge in [-0.05, 0) is 36.3 Å². The fourth-order valence-electron chi connectivity index (χ4n) is 2.08. The molecular formula is C17H28O2. The van der Waals surface area contributed by atoms with Crippen molar-refractivity contribution in [3.63, 3.8) is 0 Å². The number of aliphatic hydroxyl groups is 1. The quantitative estimate of drug-likeness (QED) is 0.680. The molecule has 0 saturated heterocycles. The van der Waals surface area contributed by atoms with E-state index in [-0.39, 0.29) is 0 Å². The van der Waals surface area contributed by atoms with E-state index >= 15 is 0 Å². The van der Waals surface area contributed by atoms with Crippen molar-refractivity contribution < 1.29 is 9.84 Å². The van der Waals surface area contributed by atoms with Crippen LogP contribution in [0.3, 0.4) is 0 Å². The van der Waals surface area contributed by atoms with Gasteiger partial charge in [-0.3, -0.25) is 0 Å². The van der Waals surface area contributed by atoms with Gasteiger partial charge in [-0.25, -0.2) is 0 Å². The average molecular weight is 264 g/mol. The van der Waals surface area contributed by atoms with Crippen LogP contribution in [0.1, 0.15) is 57.3 Å². The van der Waals surface area contributed by atoms with Crippen molar-refractivity contribution in [2.45, 2.75) is 52.6 Å². The third-order valence-electron chi connectivity index (χ3n) is 3.25. The van der Waals surface area contributed by atoms with Crippen LogP contribution in [0.4, 0.5) is 0 Å². The van der Waals surface area contributed by atoms with Gasteiger partial charge in [0.1, 0.15) is 6.10 Å². The fraction of sp³-hybridized carbons (Fsp3) is 0.647. The molecule has 0 radical (unpaired) electrons. The lowest BCUT2D eigenvalue weighted by Gasteiger charge is -2.12. The first kappa shape index (κ1) is 16.2. The van der Waals surface area contributed by atoms with E-state index in [9.17, 15) is 5.11 Å². The second-order valence-electron chi connectivity index (χ2n) is 5.62. The van der Waals surface area contributed by atoms with E-state index in [0.29, 0.717) is 6.61 Å². The second kappa shape index (κ2) is 9.11. The third-order valence-corrected chi connectivity index (χ3v) is 3.25. The molecule has 1 rings (SSSR count). The molecule has 0 amide bonds. The molecule has 0 heterocycles. The predicted molar refractivity (Wildman–Crippen MR) is 80.3 cm³/mol. The van der Waals surface area contributed by atoms with Crippen molar-refractivity contribution in [3.05, 3.63) is 35.4 Å². The minimum Gasteiger partial charge on any atom is -0.386 e. The highest BCUT2D eigenvalue weighted by Gasteiger charge is 2.07. The summed E-state index contributed by atoms with van der Waals surface area (Å²) in [5.41, 5.74) is 2.28. The maximum Gasteiger partial charge on any atom is 0.102 e. The van der Waals surface area contributed by atoms with Crippen molar-refractivity contribution in [1.29, 1.82) is 0 Å². The van der Waals surface area contributed by atoms with Gasteiger partial charge in [0.2, 0.25) is 0 Å². The summed E-state index contributed by atoms with van der Waals surface area (Å²) >= 11 is 0. The number of rotatable bonds is 9. The molecule has 2 heteroatoms. The third kappa shape index (κ3) is 6.74. The Bertz CT molecular complexity index is 330. The van der Waals surface area contributed by atoms with Gasteiger partial charge in [0, 0.05) is 6.61 Å². The number of hydrogen-bond acceptors (Lipinski definition) is 2. The van der Waals surface area contributed by atoms with Crippen molar-refractivity contribution in [1.82, 2.24) is 0 Å². The summed E-state index contributed by atoms with van der Waals surface area (Å²) in [5.74, 6) is 0.722. The largest absolute Gasteiger partial charge is 0.386 e. The Balaban J connectivity index is 2.26. The Morgan fingerprint density at radius 1 is 1.16 bits per heavy atom. The topological polar surface area (TPSA) is 29.5 Å². The predicted octanol–water partition coefficient (Wildman–Crippen LogP) is 4.13. The Hall–Kier alpha value is -0.860. The van der Waals surface area contributed by atoms with Gasteiger partial charge in [-0.2, -0.15) is 0 Å². The summed E-state index contributed by atoms with van der Waals surface area (Å²) < 4.78 is 5.53. The highest BCUT2D eigenvalue weighted by Crippen LogP contribution is 2.15. The first-order valence-electron chi connectivity index (χ1n) is 7.48. The lowest BCUT2D eigenvalue weighted by atomic mass is 10.0. The minimum absolute atomic E-state index is 0.394. The highest BCUT2D eigenvalue weighted by molar-refractivity contribution is 5.24. The molecule has 0 saturated carbocycles. The minimum atomic E-state index is -0.505. The number of hydrogen-bond donors (Lipinski definition) is 1. The molecular weight excluding hydrogens is 236 g/mol. The van der Waals surface area contributed by atoms with Crippen LogP contribution in [-0.2, 0) is 11.2 Å². The molecule has 0 aliphatic carbocycles. The maximum absolute atomic E-state index is 10.0. The number of ether oxygens (including phenoxy) is 1. The molecule has 0 spiro atoms. The van der Waals surface area contributed by atoms with Crippen LogP contribution in [0.2, 0.25) is 0 Å². The molecule has 0 aromatic heterocycles. The summed E-state index contributed by atoms with van der Waals surface area (Å²) in [7, 11) is 0. The van der Waals surface area contributed by atoms with E-state index in [1.807, 2.05) is 12.1 Å². The zero-order chi connectivity index (χ0) is 14.1. The van der Waals surface area contributed by atoms with Crippen LogP contribution < -0.4 is 0 Å². The molecule has 108 valence electrons. The maximum atomic E-state index is 10.0. The molecule has 0 fully saturated rings. The lowest BCUT2D eigenvalue weighted by molar-refractivity contribution is 0.0338. The van der Waals surface area contributed by atoms with Crippen LogP contribution in [0, 0.1) is 5.92 Å². The first-order valence-corrected chi connectivity index (χ1v) is 7.48. The molecule has 0 aliphatic rings. The van der Waals surface area contributed by atoms with Gasteiger partial charge < -0.3 is 9.84 Å². The van der Waals surface area contributed by atoms with Crippen molar-refractivity contribution in [3.8, 4) is 0 Å². The van der Waals surface area contributed by atoms with E-state index in [2.05, 4.69) is 32.9 Å². The van der Waals surface area contributed by atoms with E-state index in [0.717, 1.165) is 37.4 Å². The zero-order valence-corrected chi connectivity index (χ0v) is 12.6. The summed E-state index contributed by atoms with van der Waals surface area (Å²) in [4.78, 5) is 0. The molecule has 2 nitrogen and oxygen atoms in total. The smallest absolute Gasteiger partial charge is 0.102 e. The van der Waals surface area contributed by atoms with E-state index < -0.39 is 6.10 Å². The van der Waals surface area contributed by atoms with Crippen molar-refractivity contribution in [2.75, 3.05) is 13.2 Å². The molecule has 1 N–H and O–H groups in total. The van der Waals surface area contributed by atoms with E-state index in [1.54, 1.807) is 0 Å². The molecule has 1 atom stereocenters. The van der Waals surface area contributed by atoms with Crippen LogP contribution in [0.25, 0.3) is 0 Å². The molecule has 1 unspecified atom stereocenters. The van der Waals surface area contributed by atoms with Gasteiger partial charge in [-0.1, -0.05) is 51.5 Å². The van der Waals surface area contributed by atoms with Gasteiger partial charge in [0.05, 0.1) is 6.61 Å². The van der Waals surface area contributed by atoms with Gasteiger partial charge >= 0.3 is 0 Å². The Labute approximate surface area is 117 Å². The molecule has 0 aliphatic heterocycles. The Kier molecular flexibility index (Phi) is 7.76. The van der Waals surface area contributed by atoms with Crippen molar-refractivity contribution >= 4 is 0 Å². The SMILES string of the molecule is CCCc1ccc(C(O)COCCCC(C)C)cc1. The number of benzene rings is 1. The monoisotopic (exact) mass is 264 g/mol. The van der Waals surface area contributed by atoms with E-state index in [4.69, 9.17) is 4.74 Å². The molecule has 0 bridgehead atoms. The summed E-state index contributed by atoms with van der Waals surface area (Å²) in [6.45, 7) is 7.74. The normalized spacial score (nSPS) is 12.9. The van der Waals surface area contributed by atoms with Crippen molar-refractivity contribution in [2.24, 2.45) is 5.92 Å². The van der Waals surface area contributed by atoms with Crippen LogP contribution in [-0.4, -0.2) is 18.3 Å². The van der Waals surface area contributed by atoms with Crippen LogP contribution in [0.15, 0.2) is 24.3 Å². The first-order chi connectivity index (χ1) is 9.13. The molecule has 1 aromatic carbocycles.